The van der Waals surface area contributed by atoms with Crippen LogP contribution < -0.4 is 5.32 Å². The molecule has 1 aliphatic heterocycles. The molecule has 1 atom stereocenters. The third-order valence-corrected chi connectivity index (χ3v) is 5.33. The van der Waals surface area contributed by atoms with Crippen LogP contribution in [0.5, 0.6) is 0 Å². The lowest BCUT2D eigenvalue weighted by molar-refractivity contribution is -0.140. The summed E-state index contributed by atoms with van der Waals surface area (Å²) in [5, 5.41) is 12.5. The van der Waals surface area contributed by atoms with E-state index in [0.717, 1.165) is 23.3 Å². The first-order valence-corrected chi connectivity index (χ1v) is 9.93. The van der Waals surface area contributed by atoms with Crippen molar-refractivity contribution in [3.63, 3.8) is 0 Å². The van der Waals surface area contributed by atoms with Crippen LogP contribution in [0.15, 0.2) is 36.4 Å². The molecule has 1 amide bonds. The molecule has 0 bridgehead atoms. The smallest absolute Gasteiger partial charge is 0.391 e. The lowest BCUT2D eigenvalue weighted by Gasteiger charge is -2.31. The van der Waals surface area contributed by atoms with Gasteiger partial charge in [0.2, 0.25) is 5.91 Å². The standard InChI is InChI=1S/C21H21ClF4N2O2/c22-10-15(29)12-28-7-6-16-14(11-28)2-1-3-19(16)27-20(30)9-13-4-5-17(18(23)8-13)21(24,25)26/h1-5,8,15,29H,6-7,9-12H2,(H,27,30). The van der Waals surface area contributed by atoms with Crippen LogP contribution >= 0.6 is 11.6 Å². The van der Waals surface area contributed by atoms with Gasteiger partial charge in [-0.25, -0.2) is 4.39 Å². The number of rotatable bonds is 6. The number of aliphatic hydroxyl groups is 1. The number of nitrogens with one attached hydrogen (secondary N) is 1. The summed E-state index contributed by atoms with van der Waals surface area (Å²) in [6.45, 7) is 1.76. The Morgan fingerprint density at radius 3 is 2.70 bits per heavy atom. The summed E-state index contributed by atoms with van der Waals surface area (Å²) in [6.07, 6.45) is -4.97. The number of alkyl halides is 4. The zero-order valence-electron chi connectivity index (χ0n) is 16.0. The lowest BCUT2D eigenvalue weighted by Crippen LogP contribution is -2.37. The maximum atomic E-state index is 13.7. The van der Waals surface area contributed by atoms with Gasteiger partial charge < -0.3 is 10.4 Å². The largest absolute Gasteiger partial charge is 0.419 e. The molecule has 4 nitrogen and oxygen atoms in total. The molecule has 2 aromatic carbocycles. The van der Waals surface area contributed by atoms with Crippen LogP contribution in [-0.2, 0) is 30.4 Å². The molecule has 9 heteroatoms. The zero-order valence-corrected chi connectivity index (χ0v) is 16.7. The Hall–Kier alpha value is -2.16. The van der Waals surface area contributed by atoms with E-state index in [-0.39, 0.29) is 17.9 Å². The minimum atomic E-state index is -4.78. The molecule has 3 rings (SSSR count). The number of anilines is 1. The fourth-order valence-corrected chi connectivity index (χ4v) is 3.66. The molecule has 0 fully saturated rings. The van der Waals surface area contributed by atoms with Crippen LogP contribution in [0.4, 0.5) is 23.2 Å². The van der Waals surface area contributed by atoms with E-state index in [4.69, 9.17) is 11.6 Å². The van der Waals surface area contributed by atoms with Crippen LogP contribution in [-0.4, -0.2) is 41.0 Å². The molecule has 1 aliphatic rings. The number of hydrogen-bond donors (Lipinski definition) is 2. The SMILES string of the molecule is O=C(Cc1ccc(C(F)(F)F)c(F)c1)Nc1cccc2c1CCN(CC(O)CCl)C2. The highest BCUT2D eigenvalue weighted by Gasteiger charge is 2.34. The van der Waals surface area contributed by atoms with Gasteiger partial charge in [0, 0.05) is 31.2 Å². The van der Waals surface area contributed by atoms with Crippen molar-refractivity contribution in [2.24, 2.45) is 0 Å². The highest BCUT2D eigenvalue weighted by Crippen LogP contribution is 2.32. The quantitative estimate of drug-likeness (QED) is 0.523. The van der Waals surface area contributed by atoms with E-state index >= 15 is 0 Å². The predicted octanol–water partition coefficient (Wildman–Crippen LogP) is 3.98. The molecule has 1 heterocycles. The highest BCUT2D eigenvalue weighted by molar-refractivity contribution is 6.18. The minimum Gasteiger partial charge on any atom is -0.391 e. The summed E-state index contributed by atoms with van der Waals surface area (Å²) >= 11 is 5.66. The van der Waals surface area contributed by atoms with E-state index in [0.29, 0.717) is 37.8 Å². The number of benzene rings is 2. The van der Waals surface area contributed by atoms with Crippen molar-refractivity contribution >= 4 is 23.2 Å². The van der Waals surface area contributed by atoms with Gasteiger partial charge in [-0.2, -0.15) is 13.2 Å². The Morgan fingerprint density at radius 2 is 2.03 bits per heavy atom. The van der Waals surface area contributed by atoms with Crippen LogP contribution in [0.25, 0.3) is 0 Å². The number of β-amino-alcohol motifs (C(OH)–C–C–N with tert-alkyl or cyclic N) is 1. The second kappa shape index (κ2) is 9.32. The summed E-state index contributed by atoms with van der Waals surface area (Å²) < 4.78 is 51.7. The van der Waals surface area contributed by atoms with Gasteiger partial charge >= 0.3 is 6.18 Å². The molecule has 0 spiro atoms. The number of hydrogen-bond acceptors (Lipinski definition) is 3. The topological polar surface area (TPSA) is 52.6 Å². The molecular formula is C21H21ClF4N2O2. The number of fused-ring (bicyclic) bond motifs is 1. The van der Waals surface area contributed by atoms with Crippen molar-refractivity contribution < 1.29 is 27.5 Å². The summed E-state index contributed by atoms with van der Waals surface area (Å²) in [5.74, 6) is -1.68. The summed E-state index contributed by atoms with van der Waals surface area (Å²) in [5.41, 5.74) is 1.42. The Balaban J connectivity index is 1.67. The molecule has 0 aromatic heterocycles. The van der Waals surface area contributed by atoms with Crippen LogP contribution in [0.1, 0.15) is 22.3 Å². The number of aliphatic hydroxyl groups excluding tert-OH is 1. The molecule has 0 saturated carbocycles. The van der Waals surface area contributed by atoms with Crippen molar-refractivity contribution in [1.82, 2.24) is 4.90 Å². The summed E-state index contributed by atoms with van der Waals surface area (Å²) in [4.78, 5) is 14.5. The van der Waals surface area contributed by atoms with Crippen molar-refractivity contribution in [3.05, 3.63) is 64.5 Å². The average Bonchev–Trinajstić information content (AvgIpc) is 2.67. The first-order valence-electron chi connectivity index (χ1n) is 9.40. The normalized spacial score (nSPS) is 15.5. The maximum absolute atomic E-state index is 13.7. The predicted molar refractivity (Wildman–Crippen MR) is 106 cm³/mol. The first kappa shape index (κ1) is 22.5. The van der Waals surface area contributed by atoms with Gasteiger partial charge in [0.05, 0.1) is 18.1 Å². The maximum Gasteiger partial charge on any atom is 0.419 e. The average molecular weight is 445 g/mol. The van der Waals surface area contributed by atoms with Gasteiger partial charge in [0.1, 0.15) is 5.82 Å². The highest BCUT2D eigenvalue weighted by atomic mass is 35.5. The second-order valence-electron chi connectivity index (χ2n) is 7.27. The molecule has 2 N–H and O–H groups in total. The number of carbonyl (C=O) groups excluding carboxylic acids is 1. The molecule has 30 heavy (non-hydrogen) atoms. The third kappa shape index (κ3) is 5.50. The zero-order chi connectivity index (χ0) is 21.9. The van der Waals surface area contributed by atoms with E-state index in [1.165, 1.54) is 0 Å². The third-order valence-electron chi connectivity index (χ3n) is 4.97. The number of carbonyl (C=O) groups is 1. The van der Waals surface area contributed by atoms with E-state index in [2.05, 4.69) is 10.2 Å². The minimum absolute atomic E-state index is 0.157. The van der Waals surface area contributed by atoms with Gasteiger partial charge in [-0.3, -0.25) is 9.69 Å². The lowest BCUT2D eigenvalue weighted by atomic mass is 9.97. The van der Waals surface area contributed by atoms with Gasteiger partial charge in [-0.1, -0.05) is 18.2 Å². The van der Waals surface area contributed by atoms with E-state index in [9.17, 15) is 27.5 Å². The van der Waals surface area contributed by atoms with Gasteiger partial charge in [0.15, 0.2) is 0 Å². The molecule has 2 aromatic rings. The Labute approximate surface area is 176 Å². The molecule has 0 radical (unpaired) electrons. The van der Waals surface area contributed by atoms with Crippen LogP contribution in [0.3, 0.4) is 0 Å². The molecule has 0 saturated heterocycles. The van der Waals surface area contributed by atoms with E-state index in [1.54, 1.807) is 12.1 Å². The Kier molecular flexibility index (Phi) is 7.00. The summed E-state index contributed by atoms with van der Waals surface area (Å²) in [6, 6.07) is 7.98. The van der Waals surface area contributed by atoms with Crippen molar-refractivity contribution in [3.8, 4) is 0 Å². The van der Waals surface area contributed by atoms with E-state index < -0.39 is 29.6 Å². The summed E-state index contributed by atoms with van der Waals surface area (Å²) in [7, 11) is 0. The molecule has 162 valence electrons. The fraction of sp³-hybridized carbons (Fsp3) is 0.381. The number of amides is 1. The van der Waals surface area contributed by atoms with Crippen molar-refractivity contribution in [2.45, 2.75) is 31.7 Å². The molecular weight excluding hydrogens is 424 g/mol. The number of halogens is 5. The van der Waals surface area contributed by atoms with Gasteiger partial charge in [-0.15, -0.1) is 11.6 Å². The Morgan fingerprint density at radius 1 is 1.27 bits per heavy atom. The van der Waals surface area contributed by atoms with Crippen LogP contribution in [0, 0.1) is 5.82 Å². The van der Waals surface area contributed by atoms with Crippen LogP contribution in [0.2, 0.25) is 0 Å². The van der Waals surface area contributed by atoms with E-state index in [1.807, 2.05) is 6.07 Å². The van der Waals surface area contributed by atoms with Crippen molar-refractivity contribution in [1.29, 1.82) is 0 Å². The fourth-order valence-electron chi connectivity index (χ4n) is 3.57. The second-order valence-corrected chi connectivity index (χ2v) is 7.58. The molecule has 1 unspecified atom stereocenters. The molecule has 0 aliphatic carbocycles. The number of nitrogens with zero attached hydrogens (tertiary/aromatic N) is 1. The van der Waals surface area contributed by atoms with Gasteiger partial charge in [0.25, 0.3) is 0 Å². The van der Waals surface area contributed by atoms with Crippen molar-refractivity contribution in [2.75, 3.05) is 24.3 Å². The monoisotopic (exact) mass is 444 g/mol. The first-order chi connectivity index (χ1) is 14.2. The Bertz CT molecular complexity index is 920. The van der Waals surface area contributed by atoms with Gasteiger partial charge in [-0.05, 0) is 41.3 Å².